The van der Waals surface area contributed by atoms with Gasteiger partial charge >= 0.3 is 0 Å². The predicted octanol–water partition coefficient (Wildman–Crippen LogP) is 5.72. The maximum atomic E-state index is 13.0. The summed E-state index contributed by atoms with van der Waals surface area (Å²) in [4.78, 5) is 13.0. The number of halogens is 1. The van der Waals surface area contributed by atoms with Crippen LogP contribution in [0.2, 0.25) is 0 Å². The van der Waals surface area contributed by atoms with E-state index in [0.717, 1.165) is 47.7 Å². The zero-order valence-corrected chi connectivity index (χ0v) is 26.1. The van der Waals surface area contributed by atoms with Crippen LogP contribution in [-0.2, 0) is 23.2 Å². The first-order chi connectivity index (χ1) is 18.3. The van der Waals surface area contributed by atoms with Gasteiger partial charge in [0.05, 0.1) is 24.0 Å². The van der Waals surface area contributed by atoms with Crippen LogP contribution in [0.5, 0.6) is 5.75 Å². The summed E-state index contributed by atoms with van der Waals surface area (Å²) in [6.45, 7) is 12.7. The van der Waals surface area contributed by atoms with Gasteiger partial charge in [0.2, 0.25) is 5.91 Å². The number of aryl methyl sites for hydroxylation is 1. The third-order valence-electron chi connectivity index (χ3n) is 6.89. The monoisotopic (exact) mass is 570 g/mol. The molecule has 214 valence electrons. The molecule has 0 saturated heterocycles. The Hall–Kier alpha value is -2.37. The molecule has 0 aliphatic rings. The van der Waals surface area contributed by atoms with Crippen molar-refractivity contribution in [3.8, 4) is 16.3 Å². The minimum atomic E-state index is -0.0647. The Labute approximate surface area is 246 Å². The molecule has 0 fully saturated rings. The van der Waals surface area contributed by atoms with Crippen molar-refractivity contribution in [1.29, 1.82) is 0 Å². The first-order valence-corrected chi connectivity index (χ1v) is 15.3. The summed E-state index contributed by atoms with van der Waals surface area (Å²) < 4.78 is 8.45. The average molecular weight is 571 g/mol. The van der Waals surface area contributed by atoms with Crippen LogP contribution >= 0.6 is 11.3 Å². The van der Waals surface area contributed by atoms with Crippen molar-refractivity contribution >= 4 is 22.9 Å². The van der Waals surface area contributed by atoms with Crippen molar-refractivity contribution in [3.05, 3.63) is 65.2 Å². The van der Waals surface area contributed by atoms with Crippen LogP contribution in [0.15, 0.2) is 54.0 Å². The highest BCUT2D eigenvalue weighted by Gasteiger charge is 2.20. The SMILES string of the molecule is CCCCCCCCCCOc1ccc(CC(=O)Nc2cccc(-c3scc[n+]3CC)c2)cc1C(C)(C)C.[Cl-]. The molecular formula is C33H47ClN2O2S. The number of hydrogen-bond acceptors (Lipinski definition) is 3. The number of aromatic nitrogens is 1. The van der Waals surface area contributed by atoms with E-state index in [1.54, 1.807) is 11.3 Å². The van der Waals surface area contributed by atoms with Crippen LogP contribution in [0, 0.1) is 0 Å². The molecule has 3 rings (SSSR count). The van der Waals surface area contributed by atoms with Crippen LogP contribution in [0.4, 0.5) is 5.69 Å². The van der Waals surface area contributed by atoms with Gasteiger partial charge < -0.3 is 22.5 Å². The highest BCUT2D eigenvalue weighted by atomic mass is 35.5. The van der Waals surface area contributed by atoms with E-state index in [-0.39, 0.29) is 23.7 Å². The van der Waals surface area contributed by atoms with Crippen LogP contribution in [-0.4, -0.2) is 12.5 Å². The minimum Gasteiger partial charge on any atom is -1.00 e. The van der Waals surface area contributed by atoms with E-state index in [0.29, 0.717) is 6.42 Å². The smallest absolute Gasteiger partial charge is 0.269 e. The van der Waals surface area contributed by atoms with Gasteiger partial charge in [-0.2, -0.15) is 4.57 Å². The van der Waals surface area contributed by atoms with Gasteiger partial charge in [-0.25, -0.2) is 0 Å². The molecule has 0 aliphatic carbocycles. The Morgan fingerprint density at radius 3 is 2.36 bits per heavy atom. The summed E-state index contributed by atoms with van der Waals surface area (Å²) in [5.41, 5.74) is 4.04. The number of hydrogen-bond donors (Lipinski definition) is 1. The molecule has 3 aromatic rings. The van der Waals surface area contributed by atoms with Crippen LogP contribution in [0.25, 0.3) is 10.6 Å². The quantitative estimate of drug-likeness (QED) is 0.187. The van der Waals surface area contributed by atoms with Gasteiger partial charge in [-0.3, -0.25) is 4.79 Å². The Morgan fingerprint density at radius 1 is 0.949 bits per heavy atom. The molecular weight excluding hydrogens is 524 g/mol. The fourth-order valence-corrected chi connectivity index (χ4v) is 5.65. The second kappa shape index (κ2) is 16.7. The second-order valence-electron chi connectivity index (χ2n) is 11.2. The Kier molecular flexibility index (Phi) is 14.0. The Bertz CT molecular complexity index is 1150. The van der Waals surface area contributed by atoms with Crippen molar-refractivity contribution in [3.63, 3.8) is 0 Å². The third kappa shape index (κ3) is 10.6. The van der Waals surface area contributed by atoms with E-state index in [2.05, 4.69) is 80.3 Å². The van der Waals surface area contributed by atoms with E-state index in [1.807, 2.05) is 18.2 Å². The van der Waals surface area contributed by atoms with Crippen LogP contribution < -0.4 is 27.0 Å². The summed E-state index contributed by atoms with van der Waals surface area (Å²) in [6.07, 6.45) is 12.8. The topological polar surface area (TPSA) is 42.2 Å². The van der Waals surface area contributed by atoms with E-state index < -0.39 is 0 Å². The molecule has 1 amide bonds. The second-order valence-corrected chi connectivity index (χ2v) is 12.1. The number of benzene rings is 2. The number of amides is 1. The lowest BCUT2D eigenvalue weighted by atomic mass is 9.85. The van der Waals surface area contributed by atoms with Gasteiger partial charge in [0, 0.05) is 5.69 Å². The highest BCUT2D eigenvalue weighted by Crippen LogP contribution is 2.33. The highest BCUT2D eigenvalue weighted by molar-refractivity contribution is 7.12. The van der Waals surface area contributed by atoms with Crippen molar-refractivity contribution in [2.75, 3.05) is 11.9 Å². The number of anilines is 1. The number of carbonyl (C=O) groups excluding carboxylic acids is 1. The molecule has 0 radical (unpaired) electrons. The van der Waals surface area contributed by atoms with Crippen LogP contribution in [0.1, 0.15) is 97.1 Å². The zero-order chi connectivity index (χ0) is 27.4. The van der Waals surface area contributed by atoms with Crippen molar-refractivity contribution in [2.24, 2.45) is 0 Å². The molecule has 39 heavy (non-hydrogen) atoms. The molecule has 1 aromatic heterocycles. The van der Waals surface area contributed by atoms with Crippen molar-refractivity contribution in [1.82, 2.24) is 0 Å². The summed E-state index contributed by atoms with van der Waals surface area (Å²) in [7, 11) is 0. The number of nitrogens with zero attached hydrogens (tertiary/aromatic N) is 1. The number of unbranched alkanes of at least 4 members (excludes halogenated alkanes) is 7. The summed E-state index contributed by atoms with van der Waals surface area (Å²) >= 11 is 1.71. The van der Waals surface area contributed by atoms with Gasteiger partial charge in [-0.15, -0.1) is 0 Å². The van der Waals surface area contributed by atoms with E-state index in [1.165, 1.54) is 50.0 Å². The number of nitrogens with one attached hydrogen (secondary N) is 1. The number of rotatable bonds is 15. The first-order valence-electron chi connectivity index (χ1n) is 14.4. The average Bonchev–Trinajstić information content (AvgIpc) is 3.37. The number of thiazole rings is 1. The fourth-order valence-electron chi connectivity index (χ4n) is 4.72. The van der Waals surface area contributed by atoms with E-state index in [9.17, 15) is 4.79 Å². The van der Waals surface area contributed by atoms with Gasteiger partial charge in [-0.05, 0) is 54.2 Å². The van der Waals surface area contributed by atoms with Crippen molar-refractivity contribution < 1.29 is 26.5 Å². The lowest BCUT2D eigenvalue weighted by Crippen LogP contribution is -3.00. The van der Waals surface area contributed by atoms with Gasteiger partial charge in [0.1, 0.15) is 12.3 Å². The maximum Gasteiger partial charge on any atom is 0.269 e. The standard InChI is InChI=1S/C33H46N2O2S.ClH/c1-6-8-9-10-11-12-13-14-21-37-30-19-18-26(23-29(30)33(3,4)5)24-31(36)34-28-17-15-16-27(25-28)32-35(7-2)20-22-38-32;/h15-20,22-23,25H,6-14,21,24H2,1-5H3;1H. The maximum absolute atomic E-state index is 13.0. The lowest BCUT2D eigenvalue weighted by molar-refractivity contribution is -0.678. The molecule has 0 aliphatic heterocycles. The molecule has 4 nitrogen and oxygen atoms in total. The third-order valence-corrected chi connectivity index (χ3v) is 7.84. The molecule has 0 atom stereocenters. The molecule has 1 heterocycles. The lowest BCUT2D eigenvalue weighted by Gasteiger charge is -2.24. The predicted molar refractivity (Wildman–Crippen MR) is 161 cm³/mol. The zero-order valence-electron chi connectivity index (χ0n) is 24.5. The normalized spacial score (nSPS) is 11.2. The first kappa shape index (κ1) is 32.8. The summed E-state index contributed by atoms with van der Waals surface area (Å²) in [6, 6.07) is 14.3. The van der Waals surface area contributed by atoms with E-state index in [4.69, 9.17) is 4.74 Å². The Balaban J connectivity index is 0.00000533. The molecule has 6 heteroatoms. The van der Waals surface area contributed by atoms with Gasteiger partial charge in [-0.1, -0.05) is 102 Å². The van der Waals surface area contributed by atoms with E-state index >= 15 is 0 Å². The summed E-state index contributed by atoms with van der Waals surface area (Å²) in [5, 5.41) is 6.39. The molecule has 0 bridgehead atoms. The fraction of sp³-hybridized carbons (Fsp3) is 0.515. The minimum absolute atomic E-state index is 0. The number of ether oxygens (including phenoxy) is 1. The van der Waals surface area contributed by atoms with Crippen LogP contribution in [0.3, 0.4) is 0 Å². The largest absolute Gasteiger partial charge is 1.00 e. The molecule has 1 N–H and O–H groups in total. The molecule has 0 spiro atoms. The Morgan fingerprint density at radius 2 is 1.67 bits per heavy atom. The molecule has 0 unspecified atom stereocenters. The molecule has 2 aromatic carbocycles. The van der Waals surface area contributed by atoms with Gasteiger partial charge in [0.25, 0.3) is 5.01 Å². The van der Waals surface area contributed by atoms with Gasteiger partial charge in [0.15, 0.2) is 6.20 Å². The number of carbonyl (C=O) groups is 1. The summed E-state index contributed by atoms with van der Waals surface area (Å²) in [5.74, 6) is 0.932. The van der Waals surface area contributed by atoms with Crippen molar-refractivity contribution in [2.45, 2.75) is 104 Å². The molecule has 0 saturated carbocycles.